The van der Waals surface area contributed by atoms with Crippen LogP contribution in [0.1, 0.15) is 96.5 Å². The van der Waals surface area contributed by atoms with Crippen LogP contribution in [0.5, 0.6) is 0 Å². The van der Waals surface area contributed by atoms with Crippen molar-refractivity contribution in [1.82, 2.24) is 5.32 Å². The Balaban J connectivity index is 2.90. The number of ether oxygens (including phenoxy) is 2. The Hall–Kier alpha value is -1.93. The lowest BCUT2D eigenvalue weighted by Gasteiger charge is -2.30. The maximum atomic E-state index is 12.8. The number of nitrogens with zero attached hydrogens (tertiary/aromatic N) is 1. The van der Waals surface area contributed by atoms with E-state index in [0.29, 0.717) is 30.3 Å². The molecule has 0 radical (unpaired) electrons. The van der Waals surface area contributed by atoms with Gasteiger partial charge in [-0.1, -0.05) is 82.7 Å². The molecule has 1 unspecified atom stereocenters. The summed E-state index contributed by atoms with van der Waals surface area (Å²) in [4.78, 5) is 38.1. The summed E-state index contributed by atoms with van der Waals surface area (Å²) < 4.78 is 29.5. The molecule has 9 nitrogen and oxygen atoms in total. The third kappa shape index (κ3) is 19.8. The Bertz CT molecular complexity index is 892. The molecule has 0 fully saturated rings. The van der Waals surface area contributed by atoms with Crippen LogP contribution >= 0.6 is 7.60 Å². The van der Waals surface area contributed by atoms with E-state index in [0.717, 1.165) is 56.9 Å². The Morgan fingerprint density at radius 1 is 0.927 bits per heavy atom. The number of likely N-dealkylation sites (N-methyl/N-ethyl adjacent to an activating group) is 1. The zero-order chi connectivity index (χ0) is 30.6. The van der Waals surface area contributed by atoms with Crippen molar-refractivity contribution in [3.8, 4) is 0 Å². The van der Waals surface area contributed by atoms with E-state index in [2.05, 4.69) is 19.2 Å². The second-order valence-electron chi connectivity index (χ2n) is 11.8. The van der Waals surface area contributed by atoms with Crippen molar-refractivity contribution in [2.75, 3.05) is 40.5 Å². The molecule has 0 aliphatic heterocycles. The molecule has 41 heavy (non-hydrogen) atoms. The molecule has 236 valence electrons. The van der Waals surface area contributed by atoms with Gasteiger partial charge in [-0.2, -0.15) is 0 Å². The van der Waals surface area contributed by atoms with E-state index in [-0.39, 0.29) is 31.7 Å². The van der Waals surface area contributed by atoms with Gasteiger partial charge in [-0.25, -0.2) is 4.79 Å². The van der Waals surface area contributed by atoms with Crippen LogP contribution in [0, 0.1) is 0 Å². The molecular weight excluding hydrogens is 543 g/mol. The van der Waals surface area contributed by atoms with Crippen molar-refractivity contribution < 1.29 is 37.5 Å². The van der Waals surface area contributed by atoms with Gasteiger partial charge in [0.15, 0.2) is 0 Å². The second-order valence-corrected chi connectivity index (χ2v) is 13.8. The minimum Gasteiger partial charge on any atom is -0.778 e. The molecule has 0 aliphatic carbocycles. The average Bonchev–Trinajstić information content (AvgIpc) is 2.90. The largest absolute Gasteiger partial charge is 0.778 e. The molecule has 0 heterocycles. The SMILES string of the molecule is CCCCCCC[C@@H](OC(=O)OCc1ccccc1)[C@H](CCCP(=O)([O-])OCC[N+](C)(C)C)NC(=O)CCCCC. The average molecular weight is 599 g/mol. The van der Waals surface area contributed by atoms with Gasteiger partial charge in [0, 0.05) is 12.6 Å². The minimum atomic E-state index is -4.03. The first-order valence-electron chi connectivity index (χ1n) is 15.4. The number of unbranched alkanes of at least 4 members (excludes halogenated alkanes) is 6. The van der Waals surface area contributed by atoms with Crippen LogP contribution in [0.2, 0.25) is 0 Å². The van der Waals surface area contributed by atoms with Crippen molar-refractivity contribution >= 4 is 19.7 Å². The van der Waals surface area contributed by atoms with Crippen LogP contribution in [-0.4, -0.2) is 69.1 Å². The number of carbonyl (C=O) groups is 2. The molecule has 3 atom stereocenters. The summed E-state index contributed by atoms with van der Waals surface area (Å²) in [7, 11) is 1.88. The smallest absolute Gasteiger partial charge is 0.508 e. The number of hydrogen-bond acceptors (Lipinski definition) is 7. The van der Waals surface area contributed by atoms with E-state index in [1.54, 1.807) is 0 Å². The second kappa shape index (κ2) is 20.9. The quantitative estimate of drug-likeness (QED) is 0.0691. The summed E-state index contributed by atoms with van der Waals surface area (Å²) in [6.07, 6.45) is 7.85. The van der Waals surface area contributed by atoms with Crippen molar-refractivity contribution in [2.24, 2.45) is 0 Å². The van der Waals surface area contributed by atoms with E-state index in [1.807, 2.05) is 51.5 Å². The van der Waals surface area contributed by atoms with Crippen LogP contribution in [0.15, 0.2) is 30.3 Å². The molecule has 0 saturated carbocycles. The number of rotatable bonds is 23. The first kappa shape index (κ1) is 37.1. The fourth-order valence-electron chi connectivity index (χ4n) is 4.35. The van der Waals surface area contributed by atoms with Crippen LogP contribution in [0.3, 0.4) is 0 Å². The molecule has 1 amide bonds. The topological polar surface area (TPSA) is 114 Å². The molecule has 1 aromatic carbocycles. The van der Waals surface area contributed by atoms with Crippen molar-refractivity contribution in [1.29, 1.82) is 0 Å². The lowest BCUT2D eigenvalue weighted by atomic mass is 9.99. The molecule has 1 rings (SSSR count). The van der Waals surface area contributed by atoms with E-state index in [1.165, 1.54) is 0 Å². The molecule has 0 saturated heterocycles. The van der Waals surface area contributed by atoms with E-state index >= 15 is 0 Å². The standard InChI is InChI=1S/C31H55N2O7P/c1-6-8-10-11-16-21-29(40-31(35)38-26-27-18-14-12-15-19-27)28(32-30(34)22-13-9-7-2)20-17-25-41(36,37)39-24-23-33(3,4)5/h12,14-15,18-19,28-29H,6-11,13,16-17,20-26H2,1-5H3,(H-,32,34,36,37)/t28-,29+/m0/s1. The normalized spacial score (nSPS) is 14.6. The molecule has 1 aromatic rings. The van der Waals surface area contributed by atoms with Crippen molar-refractivity contribution in [3.05, 3.63) is 35.9 Å². The highest BCUT2D eigenvalue weighted by atomic mass is 31.2. The molecular formula is C31H55N2O7P. The predicted molar refractivity (Wildman–Crippen MR) is 162 cm³/mol. The first-order valence-corrected chi connectivity index (χ1v) is 17.1. The number of carbonyl (C=O) groups excluding carboxylic acids is 2. The van der Waals surface area contributed by atoms with Crippen LogP contribution in [0.25, 0.3) is 0 Å². The highest BCUT2D eigenvalue weighted by molar-refractivity contribution is 7.51. The van der Waals surface area contributed by atoms with Gasteiger partial charge in [0.05, 0.1) is 27.2 Å². The Labute approximate surface area is 248 Å². The summed E-state index contributed by atoms with van der Waals surface area (Å²) in [5.74, 6) is -0.120. The highest BCUT2D eigenvalue weighted by Gasteiger charge is 2.28. The van der Waals surface area contributed by atoms with Gasteiger partial charge in [0.2, 0.25) is 5.91 Å². The van der Waals surface area contributed by atoms with Crippen molar-refractivity contribution in [3.63, 3.8) is 0 Å². The van der Waals surface area contributed by atoms with E-state index in [4.69, 9.17) is 14.0 Å². The number of benzene rings is 1. The number of nitrogens with one attached hydrogen (secondary N) is 1. The molecule has 10 heteroatoms. The van der Waals surface area contributed by atoms with Gasteiger partial charge in [-0.05, 0) is 37.7 Å². The zero-order valence-corrected chi connectivity index (χ0v) is 27.0. The molecule has 0 aromatic heterocycles. The van der Waals surface area contributed by atoms with Crippen LogP contribution < -0.4 is 10.2 Å². The van der Waals surface area contributed by atoms with Crippen LogP contribution in [-0.2, 0) is 30.0 Å². The summed E-state index contributed by atoms with van der Waals surface area (Å²) >= 11 is 0. The third-order valence-corrected chi connectivity index (χ3v) is 8.28. The Kier molecular flexibility index (Phi) is 18.9. The molecule has 0 bridgehead atoms. The summed E-state index contributed by atoms with van der Waals surface area (Å²) in [5, 5.41) is 3.05. The monoisotopic (exact) mass is 598 g/mol. The first-order chi connectivity index (χ1) is 19.5. The van der Waals surface area contributed by atoms with Gasteiger partial charge in [-0.15, -0.1) is 0 Å². The maximum absolute atomic E-state index is 12.8. The molecule has 0 spiro atoms. The van der Waals surface area contributed by atoms with E-state index in [9.17, 15) is 19.0 Å². The van der Waals surface area contributed by atoms with Gasteiger partial charge in [-0.3, -0.25) is 4.79 Å². The summed E-state index contributed by atoms with van der Waals surface area (Å²) in [6, 6.07) is 8.83. The number of amides is 1. The van der Waals surface area contributed by atoms with Crippen LogP contribution in [0.4, 0.5) is 4.79 Å². The highest BCUT2D eigenvalue weighted by Crippen LogP contribution is 2.38. The predicted octanol–water partition coefficient (Wildman–Crippen LogP) is 6.19. The lowest BCUT2D eigenvalue weighted by Crippen LogP contribution is -2.45. The summed E-state index contributed by atoms with van der Waals surface area (Å²) in [5.41, 5.74) is 0.845. The third-order valence-electron chi connectivity index (χ3n) is 6.84. The number of hydrogen-bond donors (Lipinski definition) is 1. The van der Waals surface area contributed by atoms with Gasteiger partial charge in [0.1, 0.15) is 33.5 Å². The Morgan fingerprint density at radius 3 is 2.24 bits per heavy atom. The minimum absolute atomic E-state index is 0.0842. The summed E-state index contributed by atoms with van der Waals surface area (Å²) in [6.45, 7) is 5.01. The maximum Gasteiger partial charge on any atom is 0.508 e. The van der Waals surface area contributed by atoms with Gasteiger partial charge >= 0.3 is 6.16 Å². The lowest BCUT2D eigenvalue weighted by molar-refractivity contribution is -0.870. The fourth-order valence-corrected chi connectivity index (χ4v) is 5.41. The Morgan fingerprint density at radius 2 is 1.59 bits per heavy atom. The fraction of sp³-hybridized carbons (Fsp3) is 0.742. The number of quaternary nitrogens is 1. The van der Waals surface area contributed by atoms with Crippen molar-refractivity contribution in [2.45, 2.75) is 110 Å². The van der Waals surface area contributed by atoms with E-state index < -0.39 is 25.9 Å². The molecule has 0 aliphatic rings. The zero-order valence-electron chi connectivity index (χ0n) is 26.1. The molecule has 1 N–H and O–H groups in total. The van der Waals surface area contributed by atoms with Gasteiger partial charge < -0.3 is 33.3 Å². The van der Waals surface area contributed by atoms with Gasteiger partial charge in [0.25, 0.3) is 0 Å².